The maximum absolute atomic E-state index is 12.5. The van der Waals surface area contributed by atoms with E-state index in [0.29, 0.717) is 18.7 Å². The molecular weight excluding hydrogens is 242 g/mol. The molecule has 19 heavy (non-hydrogen) atoms. The van der Waals surface area contributed by atoms with Crippen molar-refractivity contribution in [2.24, 2.45) is 0 Å². The van der Waals surface area contributed by atoms with E-state index < -0.39 is 5.60 Å². The number of ether oxygens (including phenoxy) is 1. The van der Waals surface area contributed by atoms with Crippen molar-refractivity contribution in [1.82, 2.24) is 4.57 Å². The normalized spacial score (nSPS) is 15.4. The summed E-state index contributed by atoms with van der Waals surface area (Å²) in [6.45, 7) is 4.41. The molecule has 4 heteroatoms. The van der Waals surface area contributed by atoms with Crippen LogP contribution in [0.4, 0.5) is 0 Å². The van der Waals surface area contributed by atoms with E-state index in [1.54, 1.807) is 25.5 Å². The molecule has 1 aromatic rings. The molecule has 1 aliphatic carbocycles. The lowest BCUT2D eigenvalue weighted by Gasteiger charge is -2.26. The molecule has 0 unspecified atom stereocenters. The Balaban J connectivity index is 2.57. The van der Waals surface area contributed by atoms with Crippen molar-refractivity contribution in [3.05, 3.63) is 33.2 Å². The second-order valence-electron chi connectivity index (χ2n) is 5.75. The minimum Gasteiger partial charge on any atom is -0.386 e. The molecule has 0 bridgehead atoms. The van der Waals surface area contributed by atoms with Gasteiger partial charge >= 0.3 is 0 Å². The topological polar surface area (TPSA) is 51.5 Å². The van der Waals surface area contributed by atoms with E-state index in [-0.39, 0.29) is 5.56 Å². The molecule has 2 rings (SSSR count). The molecule has 1 N–H and O–H groups in total. The van der Waals surface area contributed by atoms with Crippen molar-refractivity contribution >= 4 is 0 Å². The second kappa shape index (κ2) is 5.47. The highest BCUT2D eigenvalue weighted by molar-refractivity contribution is 5.31. The summed E-state index contributed by atoms with van der Waals surface area (Å²) in [5.74, 6) is 0. The Hall–Kier alpha value is -1.13. The van der Waals surface area contributed by atoms with Gasteiger partial charge in [-0.2, -0.15) is 0 Å². The Labute approximate surface area is 114 Å². The van der Waals surface area contributed by atoms with E-state index in [0.717, 1.165) is 31.4 Å². The highest BCUT2D eigenvalue weighted by Gasteiger charge is 2.25. The summed E-state index contributed by atoms with van der Waals surface area (Å²) in [6, 6.07) is 1.90. The van der Waals surface area contributed by atoms with Gasteiger partial charge in [0.25, 0.3) is 5.56 Å². The number of pyridine rings is 1. The quantitative estimate of drug-likeness (QED) is 0.899. The molecule has 0 aromatic carbocycles. The van der Waals surface area contributed by atoms with Gasteiger partial charge in [-0.25, -0.2) is 0 Å². The molecule has 0 atom stereocenters. The van der Waals surface area contributed by atoms with Crippen LogP contribution in [0.25, 0.3) is 0 Å². The number of aromatic nitrogens is 1. The largest absolute Gasteiger partial charge is 0.386 e. The SMILES string of the molecule is COCCn1c2c(cc(C(C)(C)O)c1=O)CCCC2. The summed E-state index contributed by atoms with van der Waals surface area (Å²) in [6.07, 6.45) is 4.22. The minimum absolute atomic E-state index is 0.0785. The van der Waals surface area contributed by atoms with Crippen molar-refractivity contribution < 1.29 is 9.84 Å². The third-order valence-electron chi connectivity index (χ3n) is 3.78. The van der Waals surface area contributed by atoms with Gasteiger partial charge in [0, 0.05) is 24.9 Å². The van der Waals surface area contributed by atoms with Gasteiger partial charge in [0.15, 0.2) is 0 Å². The summed E-state index contributed by atoms with van der Waals surface area (Å²) < 4.78 is 6.89. The van der Waals surface area contributed by atoms with Crippen LogP contribution in [0, 0.1) is 0 Å². The molecule has 0 spiro atoms. The van der Waals surface area contributed by atoms with E-state index in [1.165, 1.54) is 5.56 Å². The van der Waals surface area contributed by atoms with E-state index in [1.807, 2.05) is 6.07 Å². The number of hydrogen-bond donors (Lipinski definition) is 1. The Bertz CT molecular complexity index is 511. The lowest BCUT2D eigenvalue weighted by Crippen LogP contribution is -2.36. The van der Waals surface area contributed by atoms with Crippen LogP contribution in [0.3, 0.4) is 0 Å². The van der Waals surface area contributed by atoms with Gasteiger partial charge in [-0.15, -0.1) is 0 Å². The zero-order valence-electron chi connectivity index (χ0n) is 12.0. The third kappa shape index (κ3) is 2.90. The van der Waals surface area contributed by atoms with E-state index in [2.05, 4.69) is 0 Å². The summed E-state index contributed by atoms with van der Waals surface area (Å²) >= 11 is 0. The average Bonchev–Trinajstić information content (AvgIpc) is 2.36. The standard InChI is InChI=1S/C15H23NO3/c1-15(2,18)12-10-11-6-4-5-7-13(11)16(14(12)17)8-9-19-3/h10,18H,4-9H2,1-3H3. The Morgan fingerprint density at radius 3 is 2.68 bits per heavy atom. The number of fused-ring (bicyclic) bond motifs is 1. The summed E-state index contributed by atoms with van der Waals surface area (Å²) in [5.41, 5.74) is 1.65. The number of aryl methyl sites for hydroxylation is 1. The van der Waals surface area contributed by atoms with Crippen molar-refractivity contribution in [2.45, 2.75) is 51.7 Å². The number of nitrogens with zero attached hydrogens (tertiary/aromatic N) is 1. The van der Waals surface area contributed by atoms with Crippen molar-refractivity contribution in [3.63, 3.8) is 0 Å². The van der Waals surface area contributed by atoms with Crippen molar-refractivity contribution in [2.75, 3.05) is 13.7 Å². The molecule has 0 saturated carbocycles. The highest BCUT2D eigenvalue weighted by Crippen LogP contribution is 2.24. The molecule has 0 radical (unpaired) electrons. The molecular formula is C15H23NO3. The Kier molecular flexibility index (Phi) is 4.11. The molecule has 0 amide bonds. The maximum Gasteiger partial charge on any atom is 0.256 e. The number of hydrogen-bond acceptors (Lipinski definition) is 3. The van der Waals surface area contributed by atoms with E-state index in [4.69, 9.17) is 4.74 Å². The summed E-state index contributed by atoms with van der Waals surface area (Å²) in [7, 11) is 1.64. The molecule has 4 nitrogen and oxygen atoms in total. The predicted octanol–water partition coefficient (Wildman–Crippen LogP) is 1.60. The fourth-order valence-electron chi connectivity index (χ4n) is 2.74. The first-order valence-corrected chi connectivity index (χ1v) is 6.92. The first-order valence-electron chi connectivity index (χ1n) is 6.92. The molecule has 0 fully saturated rings. The van der Waals surface area contributed by atoms with Crippen LogP contribution in [0.1, 0.15) is 43.5 Å². The van der Waals surface area contributed by atoms with Crippen LogP contribution < -0.4 is 5.56 Å². The van der Waals surface area contributed by atoms with E-state index >= 15 is 0 Å². The van der Waals surface area contributed by atoms with Crippen molar-refractivity contribution in [1.29, 1.82) is 0 Å². The van der Waals surface area contributed by atoms with Gasteiger partial charge in [-0.1, -0.05) is 0 Å². The predicted molar refractivity (Wildman–Crippen MR) is 74.5 cm³/mol. The van der Waals surface area contributed by atoms with Crippen molar-refractivity contribution in [3.8, 4) is 0 Å². The third-order valence-corrected chi connectivity index (χ3v) is 3.78. The van der Waals surface area contributed by atoms with Crippen LogP contribution in [0.2, 0.25) is 0 Å². The summed E-state index contributed by atoms with van der Waals surface area (Å²) in [5, 5.41) is 10.2. The first-order chi connectivity index (χ1) is 8.95. The molecule has 106 valence electrons. The summed E-state index contributed by atoms with van der Waals surface area (Å²) in [4.78, 5) is 12.5. The van der Waals surface area contributed by atoms with Gasteiger partial charge < -0.3 is 14.4 Å². The molecule has 1 aliphatic rings. The maximum atomic E-state index is 12.5. The lowest BCUT2D eigenvalue weighted by molar-refractivity contribution is 0.0759. The number of methoxy groups -OCH3 is 1. The van der Waals surface area contributed by atoms with Crippen LogP contribution in [-0.2, 0) is 29.7 Å². The van der Waals surface area contributed by atoms with Gasteiger partial charge in [-0.3, -0.25) is 4.79 Å². The lowest BCUT2D eigenvalue weighted by atomic mass is 9.90. The van der Waals surface area contributed by atoms with Crippen LogP contribution >= 0.6 is 0 Å². The first kappa shape index (κ1) is 14.3. The van der Waals surface area contributed by atoms with Gasteiger partial charge in [0.2, 0.25) is 0 Å². The molecule has 0 aliphatic heterocycles. The average molecular weight is 265 g/mol. The Morgan fingerprint density at radius 1 is 1.37 bits per heavy atom. The molecule has 1 heterocycles. The highest BCUT2D eigenvalue weighted by atomic mass is 16.5. The minimum atomic E-state index is -1.10. The smallest absolute Gasteiger partial charge is 0.256 e. The van der Waals surface area contributed by atoms with Gasteiger partial charge in [-0.05, 0) is 51.2 Å². The molecule has 0 saturated heterocycles. The fraction of sp³-hybridized carbons (Fsp3) is 0.667. The number of aliphatic hydroxyl groups is 1. The monoisotopic (exact) mass is 265 g/mol. The van der Waals surface area contributed by atoms with E-state index in [9.17, 15) is 9.90 Å². The van der Waals surface area contributed by atoms with Crippen LogP contribution in [-0.4, -0.2) is 23.4 Å². The Morgan fingerprint density at radius 2 is 2.05 bits per heavy atom. The fourth-order valence-corrected chi connectivity index (χ4v) is 2.74. The van der Waals surface area contributed by atoms with Gasteiger partial charge in [0.1, 0.15) is 0 Å². The number of rotatable bonds is 4. The van der Waals surface area contributed by atoms with Crippen LogP contribution in [0.15, 0.2) is 10.9 Å². The molecule has 1 aromatic heterocycles. The van der Waals surface area contributed by atoms with Gasteiger partial charge in [0.05, 0.1) is 12.2 Å². The zero-order chi connectivity index (χ0) is 14.0. The zero-order valence-corrected chi connectivity index (χ0v) is 12.0. The second-order valence-corrected chi connectivity index (χ2v) is 5.75. The van der Waals surface area contributed by atoms with Crippen LogP contribution in [0.5, 0.6) is 0 Å².